The molecule has 0 saturated carbocycles. The van der Waals surface area contributed by atoms with Crippen molar-refractivity contribution >= 4 is 11.0 Å². The molecule has 0 aliphatic carbocycles. The van der Waals surface area contributed by atoms with Crippen molar-refractivity contribution in [2.45, 2.75) is 32.7 Å². The third kappa shape index (κ3) is 5.51. The van der Waals surface area contributed by atoms with Crippen molar-refractivity contribution in [3.8, 4) is 11.5 Å². The van der Waals surface area contributed by atoms with Gasteiger partial charge in [0.05, 0.1) is 23.2 Å². The van der Waals surface area contributed by atoms with E-state index in [0.29, 0.717) is 30.4 Å². The van der Waals surface area contributed by atoms with Crippen LogP contribution in [0.2, 0.25) is 0 Å². The van der Waals surface area contributed by atoms with E-state index in [1.807, 2.05) is 44.2 Å². The van der Waals surface area contributed by atoms with Crippen LogP contribution in [-0.2, 0) is 17.5 Å². The minimum Gasteiger partial charge on any atom is -0.494 e. The van der Waals surface area contributed by atoms with Crippen LogP contribution in [0.15, 0.2) is 66.7 Å². The Morgan fingerprint density at radius 3 is 2.21 bits per heavy atom. The number of halogens is 3. The minimum atomic E-state index is -4.35. The van der Waals surface area contributed by atoms with Crippen LogP contribution in [0.5, 0.6) is 11.5 Å². The maximum atomic E-state index is 12.7. The molecule has 0 radical (unpaired) electrons. The quantitative estimate of drug-likeness (QED) is 0.296. The summed E-state index contributed by atoms with van der Waals surface area (Å²) in [5, 5.41) is 0. The normalized spacial score (nSPS) is 12.6. The fourth-order valence-corrected chi connectivity index (χ4v) is 3.58. The first-order valence-corrected chi connectivity index (χ1v) is 11.0. The van der Waals surface area contributed by atoms with Crippen molar-refractivity contribution < 1.29 is 27.4 Å². The minimum absolute atomic E-state index is 0.165. The maximum absolute atomic E-state index is 12.7. The maximum Gasteiger partial charge on any atom is 0.416 e. The van der Waals surface area contributed by atoms with Crippen LogP contribution < -0.4 is 9.47 Å². The second kappa shape index (κ2) is 10.2. The Labute approximate surface area is 195 Å². The molecule has 0 aliphatic heterocycles. The van der Waals surface area contributed by atoms with E-state index in [2.05, 4.69) is 9.97 Å². The van der Waals surface area contributed by atoms with Gasteiger partial charge in [0.15, 0.2) is 0 Å². The first kappa shape index (κ1) is 23.6. The number of fused-ring (bicyclic) bond motifs is 1. The Morgan fingerprint density at radius 2 is 1.56 bits per heavy atom. The van der Waals surface area contributed by atoms with E-state index in [4.69, 9.17) is 14.2 Å². The van der Waals surface area contributed by atoms with E-state index < -0.39 is 17.8 Å². The van der Waals surface area contributed by atoms with Crippen LogP contribution in [0.25, 0.3) is 11.0 Å². The van der Waals surface area contributed by atoms with Gasteiger partial charge in [0.2, 0.25) is 0 Å². The summed E-state index contributed by atoms with van der Waals surface area (Å²) in [5.41, 5.74) is 2.55. The molecule has 1 N–H and O–H groups in total. The molecule has 8 heteroatoms. The predicted molar refractivity (Wildman–Crippen MR) is 123 cm³/mol. The lowest BCUT2D eigenvalue weighted by Gasteiger charge is -2.16. The van der Waals surface area contributed by atoms with Gasteiger partial charge in [0.25, 0.3) is 0 Å². The molecule has 3 aromatic carbocycles. The molecule has 0 bridgehead atoms. The van der Waals surface area contributed by atoms with Crippen LogP contribution in [0.4, 0.5) is 13.2 Å². The molecule has 1 aromatic heterocycles. The van der Waals surface area contributed by atoms with Crippen LogP contribution in [0.1, 0.15) is 42.5 Å². The summed E-state index contributed by atoms with van der Waals surface area (Å²) in [7, 11) is 0. The average Bonchev–Trinajstić information content (AvgIpc) is 3.25. The zero-order valence-corrected chi connectivity index (χ0v) is 18.9. The fraction of sp³-hybridized carbons (Fsp3) is 0.269. The van der Waals surface area contributed by atoms with Gasteiger partial charge in [0.1, 0.15) is 30.0 Å². The van der Waals surface area contributed by atoms with Crippen molar-refractivity contribution in [3.05, 3.63) is 89.2 Å². The molecule has 1 atom stereocenters. The van der Waals surface area contributed by atoms with E-state index in [-0.39, 0.29) is 6.61 Å². The molecule has 5 nitrogen and oxygen atoms in total. The molecule has 178 valence electrons. The van der Waals surface area contributed by atoms with Gasteiger partial charge in [-0.3, -0.25) is 0 Å². The van der Waals surface area contributed by atoms with Crippen LogP contribution in [0, 0.1) is 0 Å². The number of aromatic nitrogens is 2. The van der Waals surface area contributed by atoms with E-state index in [1.165, 1.54) is 12.1 Å². The van der Waals surface area contributed by atoms with Gasteiger partial charge in [-0.1, -0.05) is 24.3 Å². The lowest BCUT2D eigenvalue weighted by atomic mass is 10.1. The lowest BCUT2D eigenvalue weighted by molar-refractivity contribution is -0.137. The number of nitrogens with one attached hydrogen (secondary N) is 1. The molecule has 4 aromatic rings. The Hall–Kier alpha value is -3.52. The van der Waals surface area contributed by atoms with E-state index in [0.717, 1.165) is 34.5 Å². The highest BCUT2D eigenvalue weighted by Gasteiger charge is 2.29. The Kier molecular flexibility index (Phi) is 7.07. The molecular weight excluding hydrogens is 445 g/mol. The van der Waals surface area contributed by atoms with Crippen LogP contribution in [-0.4, -0.2) is 23.2 Å². The number of H-pyrrole nitrogens is 1. The van der Waals surface area contributed by atoms with E-state index in [1.54, 1.807) is 12.1 Å². The van der Waals surface area contributed by atoms with Gasteiger partial charge < -0.3 is 19.2 Å². The number of nitrogens with zero attached hydrogens (tertiary/aromatic N) is 1. The number of hydrogen-bond acceptors (Lipinski definition) is 4. The molecule has 4 rings (SSSR count). The molecular formula is C26H25F3N2O3. The highest BCUT2D eigenvalue weighted by atomic mass is 19.4. The average molecular weight is 470 g/mol. The first-order chi connectivity index (χ1) is 16.4. The molecule has 34 heavy (non-hydrogen) atoms. The summed E-state index contributed by atoms with van der Waals surface area (Å²) < 4.78 is 55.4. The highest BCUT2D eigenvalue weighted by molar-refractivity contribution is 5.77. The third-order valence-corrected chi connectivity index (χ3v) is 5.23. The standard InChI is InChI=1S/C26H25F3N2O3/c1-3-32-21-13-14-22-23(15-21)31-25(30-22)24(33-4-2)18-7-11-20(12-8-18)34-16-17-5-9-19(10-6-17)26(27,28)29/h5-15,24H,3-4,16H2,1-2H3,(H,30,31). The molecule has 0 saturated heterocycles. The van der Waals surface area contributed by atoms with Crippen molar-refractivity contribution in [1.82, 2.24) is 9.97 Å². The SMILES string of the molecule is CCOc1ccc2nc(C(OCC)c3ccc(OCc4ccc(C(F)(F)F)cc4)cc3)[nH]c2c1. The van der Waals surface area contributed by atoms with Gasteiger partial charge in [-0.2, -0.15) is 13.2 Å². The summed E-state index contributed by atoms with van der Waals surface area (Å²) in [6.45, 7) is 5.10. The molecule has 1 unspecified atom stereocenters. The smallest absolute Gasteiger partial charge is 0.416 e. The van der Waals surface area contributed by atoms with Crippen molar-refractivity contribution in [3.63, 3.8) is 0 Å². The number of aromatic amines is 1. The second-order valence-electron chi connectivity index (χ2n) is 7.62. The van der Waals surface area contributed by atoms with Gasteiger partial charge in [-0.25, -0.2) is 4.98 Å². The van der Waals surface area contributed by atoms with Crippen LogP contribution in [0.3, 0.4) is 0 Å². The molecule has 0 amide bonds. The van der Waals surface area contributed by atoms with E-state index >= 15 is 0 Å². The van der Waals surface area contributed by atoms with Crippen molar-refractivity contribution in [2.75, 3.05) is 13.2 Å². The number of hydrogen-bond donors (Lipinski definition) is 1. The Morgan fingerprint density at radius 1 is 0.853 bits per heavy atom. The van der Waals surface area contributed by atoms with Gasteiger partial charge >= 0.3 is 6.18 Å². The zero-order valence-electron chi connectivity index (χ0n) is 18.9. The number of alkyl halides is 3. The number of rotatable bonds is 9. The highest BCUT2D eigenvalue weighted by Crippen LogP contribution is 2.30. The summed E-state index contributed by atoms with van der Waals surface area (Å²) in [6.07, 6.45) is -4.74. The summed E-state index contributed by atoms with van der Waals surface area (Å²) in [4.78, 5) is 8.01. The molecule has 0 aliphatic rings. The largest absolute Gasteiger partial charge is 0.494 e. The summed E-state index contributed by atoms with van der Waals surface area (Å²) >= 11 is 0. The van der Waals surface area contributed by atoms with E-state index in [9.17, 15) is 13.2 Å². The van der Waals surface area contributed by atoms with Gasteiger partial charge in [0, 0.05) is 12.7 Å². The Bertz CT molecular complexity index is 1220. The monoisotopic (exact) mass is 470 g/mol. The zero-order chi connectivity index (χ0) is 24.1. The van der Waals surface area contributed by atoms with Gasteiger partial charge in [-0.05, 0) is 61.4 Å². The first-order valence-electron chi connectivity index (χ1n) is 11.0. The molecule has 0 fully saturated rings. The molecule has 0 spiro atoms. The number of ether oxygens (including phenoxy) is 3. The summed E-state index contributed by atoms with van der Waals surface area (Å²) in [6, 6.07) is 18.0. The van der Waals surface area contributed by atoms with Crippen molar-refractivity contribution in [1.29, 1.82) is 0 Å². The third-order valence-electron chi connectivity index (χ3n) is 5.23. The van der Waals surface area contributed by atoms with Crippen LogP contribution >= 0.6 is 0 Å². The summed E-state index contributed by atoms with van der Waals surface area (Å²) in [5.74, 6) is 2.06. The Balaban J connectivity index is 1.47. The lowest BCUT2D eigenvalue weighted by Crippen LogP contribution is -2.08. The number of benzene rings is 3. The van der Waals surface area contributed by atoms with Gasteiger partial charge in [-0.15, -0.1) is 0 Å². The number of imidazole rings is 1. The second-order valence-corrected chi connectivity index (χ2v) is 7.62. The van der Waals surface area contributed by atoms with Crippen molar-refractivity contribution in [2.24, 2.45) is 0 Å². The molecule has 1 heterocycles. The topological polar surface area (TPSA) is 56.4 Å². The predicted octanol–water partition coefficient (Wildman–Crippen LogP) is 6.69. The fourth-order valence-electron chi connectivity index (χ4n) is 3.58.